The maximum absolute atomic E-state index is 12.9. The van der Waals surface area contributed by atoms with Gasteiger partial charge in [0.2, 0.25) is 11.9 Å². The molecule has 6 aromatic rings. The van der Waals surface area contributed by atoms with E-state index in [-0.39, 0.29) is 60.0 Å². The van der Waals surface area contributed by atoms with Crippen LogP contribution in [-0.2, 0) is 90.7 Å². The standard InChI is InChI=1S/C67H102N12O18/c1-4-5-14-56-76-58-60(53-11-6-7-12-54(53)74-61(58)68)79(56)48-67(2,3)49-97-22-10-21-85-24-26-87-28-30-89-32-34-91-36-38-93-40-42-95-44-45-96-43-41-94-39-37-92-35-33-90-31-29-88-27-25-86-23-19-57(80)70-20-9-8-13-55(65(83)84)75-63(81)50-15-17-51(18-16-50)71-46-52-47-72-62-59(73-52)64(82)78-66(69)77-62/h6-7,11-12,15-18,47,55,71H,4-5,8-10,13-14,19-46,48-49H2,1-3H3,(H2,68,74)(H,70,80)(H,75,81)(H,83,84)(H3,69,72,77,78,82). The second kappa shape index (κ2) is 46.9. The van der Waals surface area contributed by atoms with Crippen LogP contribution in [-0.4, -0.2) is 242 Å². The van der Waals surface area contributed by atoms with Crippen molar-refractivity contribution < 1.29 is 81.1 Å². The Morgan fingerprint density at radius 3 is 1.68 bits per heavy atom. The number of rotatable bonds is 58. The highest BCUT2D eigenvalue weighted by molar-refractivity contribution is 6.06. The predicted octanol–water partition coefficient (Wildman–Crippen LogP) is 4.92. The summed E-state index contributed by atoms with van der Waals surface area (Å²) in [5, 5.41) is 19.3. The Bertz CT molecular complexity index is 3250. The van der Waals surface area contributed by atoms with E-state index in [2.05, 4.69) is 72.3 Å². The molecular formula is C67H102N12O18. The summed E-state index contributed by atoms with van der Waals surface area (Å²) in [6.45, 7) is 19.9. The summed E-state index contributed by atoms with van der Waals surface area (Å²) >= 11 is 0. The molecule has 0 spiro atoms. The molecule has 2 aromatic carbocycles. The van der Waals surface area contributed by atoms with Crippen LogP contribution in [0.25, 0.3) is 33.1 Å². The molecule has 1 atom stereocenters. The number of imidazole rings is 1. The highest BCUT2D eigenvalue weighted by atomic mass is 16.6. The van der Waals surface area contributed by atoms with E-state index in [4.69, 9.17) is 78.0 Å². The molecular weight excluding hydrogens is 1260 g/mol. The molecule has 6 rings (SSSR count). The number of H-pyrrole nitrogens is 1. The van der Waals surface area contributed by atoms with Crippen molar-refractivity contribution in [1.82, 2.24) is 45.1 Å². The maximum Gasteiger partial charge on any atom is 0.326 e. The monoisotopic (exact) mass is 1360 g/mol. The number of para-hydroxylation sites is 1. The fourth-order valence-corrected chi connectivity index (χ4v) is 9.65. The minimum Gasteiger partial charge on any atom is -0.480 e. The number of aromatic nitrogens is 7. The van der Waals surface area contributed by atoms with Crippen LogP contribution >= 0.6 is 0 Å². The Kier molecular flexibility index (Phi) is 38.1. The van der Waals surface area contributed by atoms with Crippen LogP contribution in [0.2, 0.25) is 0 Å². The summed E-state index contributed by atoms with van der Waals surface area (Å²) in [6.07, 6.45) is 6.64. The van der Waals surface area contributed by atoms with Gasteiger partial charge in [0.1, 0.15) is 17.4 Å². The molecule has 0 radical (unpaired) electrons. The SMILES string of the molecule is CCCCc1nc2c(N)nc3ccccc3c2n1CC(C)(C)COCCCOCCOCCOCCOCCOCCOCCOCCOCCOCCOCCOCCOCCC(=O)NCCCCC(NC(=O)c1ccc(NCc2cnc3nc(N)[nH]c(=O)c3n2)cc1)C(=O)O. The number of nitrogens with zero attached hydrogens (tertiary/aromatic N) is 6. The third-order valence-electron chi connectivity index (χ3n) is 14.6. The number of ether oxygens (including phenoxy) is 13. The van der Waals surface area contributed by atoms with Gasteiger partial charge < -0.3 is 98.7 Å². The number of fused-ring (bicyclic) bond motifs is 4. The van der Waals surface area contributed by atoms with E-state index in [1.54, 1.807) is 24.3 Å². The molecule has 0 saturated heterocycles. The Labute approximate surface area is 566 Å². The average molecular weight is 1360 g/mol. The van der Waals surface area contributed by atoms with E-state index in [0.717, 1.165) is 60.0 Å². The van der Waals surface area contributed by atoms with Gasteiger partial charge in [0.05, 0.1) is 188 Å². The molecule has 0 aliphatic heterocycles. The van der Waals surface area contributed by atoms with E-state index in [9.17, 15) is 24.3 Å². The van der Waals surface area contributed by atoms with E-state index in [1.807, 2.05) is 18.2 Å². The lowest BCUT2D eigenvalue weighted by atomic mass is 9.94. The summed E-state index contributed by atoms with van der Waals surface area (Å²) in [5.41, 5.74) is 15.6. The van der Waals surface area contributed by atoms with Gasteiger partial charge in [0.15, 0.2) is 17.0 Å². The summed E-state index contributed by atoms with van der Waals surface area (Å²) in [4.78, 5) is 73.5. The number of nitrogens with two attached hydrogens (primary N) is 2. The first kappa shape index (κ1) is 78.8. The average Bonchev–Trinajstić information content (AvgIpc) is 1.64. The van der Waals surface area contributed by atoms with Gasteiger partial charge in [-0.25, -0.2) is 24.7 Å². The van der Waals surface area contributed by atoms with Gasteiger partial charge in [0.25, 0.3) is 11.5 Å². The van der Waals surface area contributed by atoms with Crippen LogP contribution < -0.4 is 33.0 Å². The van der Waals surface area contributed by atoms with E-state index < -0.39 is 23.5 Å². The molecule has 1 unspecified atom stereocenters. The van der Waals surface area contributed by atoms with Crippen molar-refractivity contribution in [2.45, 2.75) is 91.3 Å². The largest absolute Gasteiger partial charge is 0.480 e. The number of carbonyl (C=O) groups excluding carboxylic acids is 2. The highest BCUT2D eigenvalue weighted by Crippen LogP contribution is 2.32. The topological polar surface area (TPSA) is 382 Å². The van der Waals surface area contributed by atoms with Gasteiger partial charge in [0, 0.05) is 61.2 Å². The van der Waals surface area contributed by atoms with E-state index in [1.165, 1.54) is 6.20 Å². The molecule has 4 aromatic heterocycles. The summed E-state index contributed by atoms with van der Waals surface area (Å²) in [7, 11) is 0. The number of carboxylic acids is 1. The zero-order valence-electron chi connectivity index (χ0n) is 56.7. The number of hydrogen-bond acceptors (Lipinski definition) is 25. The Balaban J connectivity index is 0.598. The Morgan fingerprint density at radius 1 is 0.608 bits per heavy atom. The first-order valence-electron chi connectivity index (χ1n) is 33.5. The molecule has 9 N–H and O–H groups in total. The minimum atomic E-state index is -1.16. The van der Waals surface area contributed by atoms with Crippen LogP contribution in [0.1, 0.15) is 87.6 Å². The second-order valence-corrected chi connectivity index (χ2v) is 23.2. The normalized spacial score (nSPS) is 12.1. The lowest BCUT2D eigenvalue weighted by Gasteiger charge is -2.26. The van der Waals surface area contributed by atoms with Crippen molar-refractivity contribution in [1.29, 1.82) is 0 Å². The first-order chi connectivity index (χ1) is 47.3. The Hall–Kier alpha value is -7.17. The summed E-state index contributed by atoms with van der Waals surface area (Å²) < 4.78 is 75.3. The number of unbranched alkanes of at least 4 members (excludes halogenated alkanes) is 2. The van der Waals surface area contributed by atoms with Crippen LogP contribution in [0.3, 0.4) is 0 Å². The molecule has 97 heavy (non-hydrogen) atoms. The lowest BCUT2D eigenvalue weighted by molar-refractivity contribution is -0.139. The number of benzene rings is 2. The van der Waals surface area contributed by atoms with E-state index >= 15 is 0 Å². The molecule has 0 saturated carbocycles. The zero-order chi connectivity index (χ0) is 69.0. The van der Waals surface area contributed by atoms with Gasteiger partial charge >= 0.3 is 5.97 Å². The van der Waals surface area contributed by atoms with E-state index in [0.29, 0.717) is 202 Å². The molecule has 2 amide bonds. The fourth-order valence-electron chi connectivity index (χ4n) is 9.65. The summed E-state index contributed by atoms with van der Waals surface area (Å²) in [5.74, 6) is -0.422. The van der Waals surface area contributed by atoms with Crippen molar-refractivity contribution in [3.05, 3.63) is 82.2 Å². The number of nitrogens with one attached hydrogen (secondary N) is 4. The molecule has 30 heteroatoms. The van der Waals surface area contributed by atoms with Gasteiger partial charge in [-0.1, -0.05) is 45.4 Å². The molecule has 0 bridgehead atoms. The number of aryl methyl sites for hydroxylation is 1. The van der Waals surface area contributed by atoms with Gasteiger partial charge in [-0.15, -0.1) is 0 Å². The van der Waals surface area contributed by atoms with Crippen molar-refractivity contribution >= 4 is 68.3 Å². The smallest absolute Gasteiger partial charge is 0.326 e. The van der Waals surface area contributed by atoms with Crippen molar-refractivity contribution in [3.63, 3.8) is 0 Å². The summed E-state index contributed by atoms with van der Waals surface area (Å²) in [6, 6.07) is 13.5. The quantitative estimate of drug-likeness (QED) is 0.0249. The third kappa shape index (κ3) is 31.5. The number of aliphatic carboxylic acids is 1. The van der Waals surface area contributed by atoms with Gasteiger partial charge in [-0.05, 0) is 62.4 Å². The number of nitrogen functional groups attached to an aromatic ring is 2. The van der Waals surface area contributed by atoms with Crippen LogP contribution in [0.5, 0.6) is 0 Å². The van der Waals surface area contributed by atoms with Crippen LogP contribution in [0, 0.1) is 5.41 Å². The van der Waals surface area contributed by atoms with Gasteiger partial charge in [-0.2, -0.15) is 4.98 Å². The first-order valence-corrected chi connectivity index (χ1v) is 33.5. The van der Waals surface area contributed by atoms with Crippen molar-refractivity contribution in [2.75, 3.05) is 195 Å². The minimum absolute atomic E-state index is 0.0528. The molecule has 0 aliphatic carbocycles. The number of anilines is 3. The molecule has 0 aliphatic rings. The van der Waals surface area contributed by atoms with Crippen LogP contribution in [0.4, 0.5) is 17.5 Å². The number of hydrogen-bond donors (Lipinski definition) is 7. The van der Waals surface area contributed by atoms with Gasteiger partial charge in [-0.3, -0.25) is 19.4 Å². The second-order valence-electron chi connectivity index (χ2n) is 23.2. The molecule has 4 heterocycles. The molecule has 30 nitrogen and oxygen atoms in total. The lowest BCUT2D eigenvalue weighted by Crippen LogP contribution is -2.40. The van der Waals surface area contributed by atoms with Crippen molar-refractivity contribution in [3.8, 4) is 0 Å². The number of pyridine rings is 1. The third-order valence-corrected chi connectivity index (χ3v) is 14.6. The number of amides is 2. The zero-order valence-corrected chi connectivity index (χ0v) is 56.7. The number of carboxylic acid groups (broad SMARTS) is 1. The number of aromatic amines is 1. The Morgan fingerprint density at radius 2 is 1.13 bits per heavy atom. The number of carbonyl (C=O) groups is 3. The molecule has 538 valence electrons. The highest BCUT2D eigenvalue weighted by Gasteiger charge is 2.25. The predicted molar refractivity (Wildman–Crippen MR) is 364 cm³/mol. The van der Waals surface area contributed by atoms with Crippen molar-refractivity contribution in [2.24, 2.45) is 5.41 Å². The maximum atomic E-state index is 12.9. The molecule has 0 fully saturated rings. The van der Waals surface area contributed by atoms with Crippen LogP contribution in [0.15, 0.2) is 59.5 Å². The fraction of sp³-hybridized carbons (Fsp3) is 0.627.